The lowest BCUT2D eigenvalue weighted by atomic mass is 10.1. The lowest BCUT2D eigenvalue weighted by molar-refractivity contribution is -0.122. The number of phenols is 1. The fourth-order valence-electron chi connectivity index (χ4n) is 1.87. The number of hydrogen-bond acceptors (Lipinski definition) is 3. The highest BCUT2D eigenvalue weighted by Gasteiger charge is 2.14. The summed E-state index contributed by atoms with van der Waals surface area (Å²) in [5, 5.41) is 15.2. The highest BCUT2D eigenvalue weighted by molar-refractivity contribution is 5.81. The van der Waals surface area contributed by atoms with Crippen molar-refractivity contribution in [1.82, 2.24) is 10.6 Å². The Balaban J connectivity index is 2.43. The minimum Gasteiger partial charge on any atom is -0.508 e. The van der Waals surface area contributed by atoms with Crippen LogP contribution in [0.5, 0.6) is 5.75 Å². The summed E-state index contributed by atoms with van der Waals surface area (Å²) >= 11 is 0. The molecule has 0 spiro atoms. The van der Waals surface area contributed by atoms with Crippen molar-refractivity contribution in [2.24, 2.45) is 0 Å². The van der Waals surface area contributed by atoms with Crippen LogP contribution in [0.4, 0.5) is 0 Å². The normalized spacial score (nSPS) is 13.9. The van der Waals surface area contributed by atoms with Crippen molar-refractivity contribution in [2.45, 2.75) is 39.3 Å². The molecule has 4 heteroatoms. The molecule has 0 bridgehead atoms. The van der Waals surface area contributed by atoms with Crippen LogP contribution < -0.4 is 10.6 Å². The van der Waals surface area contributed by atoms with Gasteiger partial charge in [-0.05, 0) is 44.9 Å². The standard InChI is InChI=1S/C14H22N2O2/c1-4-15-14(18)11(3)16-10(2)9-12-5-7-13(17)8-6-12/h5-8,10-11,16-17H,4,9H2,1-3H3,(H,15,18). The largest absolute Gasteiger partial charge is 0.508 e. The molecule has 18 heavy (non-hydrogen) atoms. The Labute approximate surface area is 108 Å². The molecule has 0 aliphatic heterocycles. The first-order valence-corrected chi connectivity index (χ1v) is 6.34. The van der Waals surface area contributed by atoms with Crippen LogP contribution in [0.25, 0.3) is 0 Å². The fourth-order valence-corrected chi connectivity index (χ4v) is 1.87. The van der Waals surface area contributed by atoms with Gasteiger partial charge in [0.05, 0.1) is 6.04 Å². The molecule has 1 aromatic carbocycles. The average molecular weight is 250 g/mol. The molecule has 1 amide bonds. The predicted molar refractivity (Wildman–Crippen MR) is 72.6 cm³/mol. The lowest BCUT2D eigenvalue weighted by Crippen LogP contribution is -2.46. The molecule has 0 heterocycles. The zero-order valence-electron chi connectivity index (χ0n) is 11.2. The molecule has 2 atom stereocenters. The molecule has 0 radical (unpaired) electrons. The van der Waals surface area contributed by atoms with Crippen molar-refractivity contribution in [1.29, 1.82) is 0 Å². The van der Waals surface area contributed by atoms with Gasteiger partial charge >= 0.3 is 0 Å². The lowest BCUT2D eigenvalue weighted by Gasteiger charge is -2.19. The minimum atomic E-state index is -0.197. The van der Waals surface area contributed by atoms with Crippen LogP contribution in [-0.2, 0) is 11.2 Å². The number of rotatable bonds is 6. The molecule has 1 rings (SSSR count). The maximum Gasteiger partial charge on any atom is 0.236 e. The van der Waals surface area contributed by atoms with E-state index in [1.807, 2.05) is 32.9 Å². The second kappa shape index (κ2) is 7.01. The van der Waals surface area contributed by atoms with Gasteiger partial charge in [-0.3, -0.25) is 4.79 Å². The SMILES string of the molecule is CCNC(=O)C(C)NC(C)Cc1ccc(O)cc1. The summed E-state index contributed by atoms with van der Waals surface area (Å²) in [6.45, 7) is 6.46. The summed E-state index contributed by atoms with van der Waals surface area (Å²) in [7, 11) is 0. The second-order valence-corrected chi connectivity index (χ2v) is 4.55. The van der Waals surface area contributed by atoms with Crippen LogP contribution in [0.1, 0.15) is 26.3 Å². The molecular weight excluding hydrogens is 228 g/mol. The third-order valence-corrected chi connectivity index (χ3v) is 2.76. The van der Waals surface area contributed by atoms with E-state index in [-0.39, 0.29) is 23.7 Å². The third-order valence-electron chi connectivity index (χ3n) is 2.76. The molecule has 0 fully saturated rings. The summed E-state index contributed by atoms with van der Waals surface area (Å²) in [4.78, 5) is 11.6. The smallest absolute Gasteiger partial charge is 0.236 e. The third kappa shape index (κ3) is 4.75. The Hall–Kier alpha value is -1.55. The van der Waals surface area contributed by atoms with Crippen molar-refractivity contribution in [2.75, 3.05) is 6.54 Å². The van der Waals surface area contributed by atoms with Crippen LogP contribution in [0.15, 0.2) is 24.3 Å². The van der Waals surface area contributed by atoms with Crippen LogP contribution in [-0.4, -0.2) is 29.6 Å². The highest BCUT2D eigenvalue weighted by Crippen LogP contribution is 2.11. The van der Waals surface area contributed by atoms with E-state index < -0.39 is 0 Å². The van der Waals surface area contributed by atoms with E-state index in [9.17, 15) is 9.90 Å². The van der Waals surface area contributed by atoms with Gasteiger partial charge in [-0.25, -0.2) is 0 Å². The van der Waals surface area contributed by atoms with Gasteiger partial charge in [0.2, 0.25) is 5.91 Å². The van der Waals surface area contributed by atoms with Gasteiger partial charge in [0.25, 0.3) is 0 Å². The number of carbonyl (C=O) groups is 1. The van der Waals surface area contributed by atoms with E-state index >= 15 is 0 Å². The van der Waals surface area contributed by atoms with Gasteiger partial charge in [0.15, 0.2) is 0 Å². The Morgan fingerprint density at radius 1 is 1.28 bits per heavy atom. The molecule has 2 unspecified atom stereocenters. The zero-order valence-corrected chi connectivity index (χ0v) is 11.2. The van der Waals surface area contributed by atoms with Crippen LogP contribution in [0.2, 0.25) is 0 Å². The molecule has 100 valence electrons. The van der Waals surface area contributed by atoms with Crippen molar-refractivity contribution in [3.05, 3.63) is 29.8 Å². The number of benzene rings is 1. The van der Waals surface area contributed by atoms with Gasteiger partial charge in [-0.1, -0.05) is 12.1 Å². The molecule has 4 nitrogen and oxygen atoms in total. The van der Waals surface area contributed by atoms with Crippen LogP contribution in [0, 0.1) is 0 Å². The molecule has 0 aromatic heterocycles. The first-order chi connectivity index (χ1) is 8.52. The fraction of sp³-hybridized carbons (Fsp3) is 0.500. The molecule has 0 saturated carbocycles. The molecular formula is C14H22N2O2. The number of likely N-dealkylation sites (N-methyl/N-ethyl adjacent to an activating group) is 1. The highest BCUT2D eigenvalue weighted by atomic mass is 16.3. The molecule has 0 aliphatic carbocycles. The number of nitrogens with one attached hydrogen (secondary N) is 2. The minimum absolute atomic E-state index is 0.0232. The van der Waals surface area contributed by atoms with E-state index in [0.29, 0.717) is 6.54 Å². The molecule has 0 saturated heterocycles. The monoisotopic (exact) mass is 250 g/mol. The van der Waals surface area contributed by atoms with Crippen LogP contribution >= 0.6 is 0 Å². The first kappa shape index (κ1) is 14.5. The Kier molecular flexibility index (Phi) is 5.65. The molecule has 1 aromatic rings. The zero-order chi connectivity index (χ0) is 13.5. The summed E-state index contributed by atoms with van der Waals surface area (Å²) in [6.07, 6.45) is 0.823. The van der Waals surface area contributed by atoms with Crippen LogP contribution in [0.3, 0.4) is 0 Å². The first-order valence-electron chi connectivity index (χ1n) is 6.34. The average Bonchev–Trinajstić information content (AvgIpc) is 2.32. The maximum absolute atomic E-state index is 11.6. The predicted octanol–water partition coefficient (Wildman–Crippen LogP) is 1.44. The summed E-state index contributed by atoms with van der Waals surface area (Å²) in [5.74, 6) is 0.296. The van der Waals surface area contributed by atoms with Gasteiger partial charge in [-0.15, -0.1) is 0 Å². The number of aromatic hydroxyl groups is 1. The van der Waals surface area contributed by atoms with Gasteiger partial charge in [-0.2, -0.15) is 0 Å². The van der Waals surface area contributed by atoms with E-state index in [1.54, 1.807) is 12.1 Å². The quantitative estimate of drug-likeness (QED) is 0.716. The van der Waals surface area contributed by atoms with Crippen molar-refractivity contribution < 1.29 is 9.90 Å². The maximum atomic E-state index is 11.6. The Bertz CT molecular complexity index is 376. The van der Waals surface area contributed by atoms with E-state index in [0.717, 1.165) is 12.0 Å². The summed E-state index contributed by atoms with van der Waals surface area (Å²) < 4.78 is 0. The molecule has 0 aliphatic rings. The number of carbonyl (C=O) groups excluding carboxylic acids is 1. The number of hydrogen-bond donors (Lipinski definition) is 3. The Morgan fingerprint density at radius 2 is 1.89 bits per heavy atom. The second-order valence-electron chi connectivity index (χ2n) is 4.55. The Morgan fingerprint density at radius 3 is 2.44 bits per heavy atom. The summed E-state index contributed by atoms with van der Waals surface area (Å²) in [6, 6.07) is 7.14. The van der Waals surface area contributed by atoms with Crippen molar-refractivity contribution in [3.8, 4) is 5.75 Å². The van der Waals surface area contributed by atoms with Crippen molar-refractivity contribution >= 4 is 5.91 Å². The van der Waals surface area contributed by atoms with Crippen molar-refractivity contribution in [3.63, 3.8) is 0 Å². The number of amides is 1. The van der Waals surface area contributed by atoms with E-state index in [2.05, 4.69) is 10.6 Å². The summed E-state index contributed by atoms with van der Waals surface area (Å²) in [5.41, 5.74) is 1.14. The van der Waals surface area contributed by atoms with E-state index in [4.69, 9.17) is 0 Å². The molecule has 3 N–H and O–H groups in total. The van der Waals surface area contributed by atoms with Gasteiger partial charge in [0.1, 0.15) is 5.75 Å². The van der Waals surface area contributed by atoms with Gasteiger partial charge in [0, 0.05) is 12.6 Å². The van der Waals surface area contributed by atoms with Gasteiger partial charge < -0.3 is 15.7 Å². The number of phenolic OH excluding ortho intramolecular Hbond substituents is 1. The van der Waals surface area contributed by atoms with E-state index in [1.165, 1.54) is 0 Å². The topological polar surface area (TPSA) is 61.4 Å².